The molecule has 1 spiro atoms. The number of carboxylic acid groups (broad SMARTS) is 1. The average molecular weight is 645 g/mol. The summed E-state index contributed by atoms with van der Waals surface area (Å²) in [5.41, 5.74) is 2.81. The number of nitrogens with zero attached hydrogens (tertiary/aromatic N) is 2. The van der Waals surface area contributed by atoms with Gasteiger partial charge in [-0.1, -0.05) is 121 Å². The SMILES string of the molecule is Cc1ccc2c(c1)[C@@]1(N[C@H](C(=O)NCC(=O)O)[C@]3(c4ccccc4)[C@@H](c4ccccc4)[C@]13c1ccccc1)c1nc3ccccc3c(=O)n1-2. The van der Waals surface area contributed by atoms with Crippen molar-refractivity contribution >= 4 is 22.8 Å². The zero-order chi connectivity index (χ0) is 33.5. The smallest absolute Gasteiger partial charge is 0.322 e. The van der Waals surface area contributed by atoms with Gasteiger partial charge in [0.2, 0.25) is 5.91 Å². The maximum atomic E-state index is 14.7. The lowest BCUT2D eigenvalue weighted by Crippen LogP contribution is -2.56. The predicted octanol–water partition coefficient (Wildman–Crippen LogP) is 5.10. The van der Waals surface area contributed by atoms with Crippen molar-refractivity contribution in [1.82, 2.24) is 20.2 Å². The Morgan fingerprint density at radius 1 is 0.837 bits per heavy atom. The molecule has 49 heavy (non-hydrogen) atoms. The number of aryl methyl sites for hydroxylation is 1. The highest BCUT2D eigenvalue weighted by Gasteiger charge is 2.93. The van der Waals surface area contributed by atoms with E-state index in [1.54, 1.807) is 10.6 Å². The molecule has 8 heteroatoms. The van der Waals surface area contributed by atoms with Gasteiger partial charge in [-0.05, 0) is 41.8 Å². The van der Waals surface area contributed by atoms with Crippen molar-refractivity contribution in [2.75, 3.05) is 6.54 Å². The molecule has 3 aliphatic rings. The van der Waals surface area contributed by atoms with Crippen LogP contribution in [-0.2, 0) is 26.0 Å². The third kappa shape index (κ3) is 3.56. The minimum Gasteiger partial charge on any atom is -0.480 e. The maximum Gasteiger partial charge on any atom is 0.322 e. The van der Waals surface area contributed by atoms with E-state index in [1.165, 1.54) is 0 Å². The van der Waals surface area contributed by atoms with Gasteiger partial charge in [0, 0.05) is 22.3 Å². The van der Waals surface area contributed by atoms with Crippen molar-refractivity contribution in [3.8, 4) is 5.69 Å². The number of fused-ring (bicyclic) bond motifs is 8. The zero-order valence-electron chi connectivity index (χ0n) is 26.6. The Morgan fingerprint density at radius 3 is 2.16 bits per heavy atom. The second kappa shape index (κ2) is 10.3. The molecule has 240 valence electrons. The Bertz CT molecular complexity index is 2380. The van der Waals surface area contributed by atoms with E-state index in [0.717, 1.165) is 27.8 Å². The first-order chi connectivity index (χ1) is 23.9. The molecule has 2 aliphatic heterocycles. The molecule has 3 N–H and O–H groups in total. The first-order valence-corrected chi connectivity index (χ1v) is 16.4. The highest BCUT2D eigenvalue weighted by Crippen LogP contribution is 2.86. The van der Waals surface area contributed by atoms with Gasteiger partial charge in [0.05, 0.1) is 22.6 Å². The van der Waals surface area contributed by atoms with Crippen LogP contribution in [-0.4, -0.2) is 39.1 Å². The van der Waals surface area contributed by atoms with Gasteiger partial charge in [0.1, 0.15) is 17.9 Å². The molecule has 3 heterocycles. The van der Waals surface area contributed by atoms with Gasteiger partial charge >= 0.3 is 5.97 Å². The first kappa shape index (κ1) is 29.3. The van der Waals surface area contributed by atoms with Crippen LogP contribution in [0, 0.1) is 6.92 Å². The van der Waals surface area contributed by atoms with Gasteiger partial charge in [-0.25, -0.2) is 4.98 Å². The van der Waals surface area contributed by atoms with Crippen molar-refractivity contribution in [2.45, 2.75) is 35.3 Å². The number of benzene rings is 5. The standard InChI is InChI=1S/C41H32N4O4/c1-25-21-22-32-30(23-25)41(38-43-31-20-12-11-19-29(31)37(49)45(32)38)40(28-17-9-4-10-18-28)34(26-13-5-2-6-14-26)39(40,27-15-7-3-8-16-27)35(44-41)36(48)42-24-33(46)47/h2-23,34-35,44H,24H2,1H3,(H,42,48)(H,46,47)/t34-,35-,39+,40+,41-/m1/s1. The van der Waals surface area contributed by atoms with Crippen molar-refractivity contribution < 1.29 is 14.7 Å². The molecule has 9 rings (SSSR count). The Labute approximate surface area is 282 Å². The van der Waals surface area contributed by atoms with E-state index in [1.807, 2.05) is 91.9 Å². The molecule has 0 radical (unpaired) electrons. The summed E-state index contributed by atoms with van der Waals surface area (Å²) in [6, 6.07) is 43.0. The predicted molar refractivity (Wildman–Crippen MR) is 186 cm³/mol. The van der Waals surface area contributed by atoms with Gasteiger partial charge in [0.15, 0.2) is 0 Å². The molecule has 1 amide bonds. The fraction of sp³-hybridized carbons (Fsp3) is 0.171. The number of rotatable bonds is 6. The molecule has 2 fully saturated rings. The van der Waals surface area contributed by atoms with Crippen LogP contribution in [0.5, 0.6) is 0 Å². The maximum absolute atomic E-state index is 14.7. The van der Waals surface area contributed by atoms with Crippen LogP contribution >= 0.6 is 0 Å². The molecule has 1 aliphatic carbocycles. The monoisotopic (exact) mass is 644 g/mol. The lowest BCUT2D eigenvalue weighted by molar-refractivity contribution is -0.138. The van der Waals surface area contributed by atoms with Crippen LogP contribution < -0.4 is 16.2 Å². The van der Waals surface area contributed by atoms with Crippen LogP contribution in [0.2, 0.25) is 0 Å². The van der Waals surface area contributed by atoms with Gasteiger partial charge in [-0.15, -0.1) is 0 Å². The summed E-state index contributed by atoms with van der Waals surface area (Å²) in [4.78, 5) is 46.5. The lowest BCUT2D eigenvalue weighted by atomic mass is 9.68. The van der Waals surface area contributed by atoms with Crippen LogP contribution in [0.3, 0.4) is 0 Å². The summed E-state index contributed by atoms with van der Waals surface area (Å²) in [6.07, 6.45) is 0. The number of carboxylic acids is 1. The number of aromatic nitrogens is 2. The Balaban J connectivity index is 1.49. The third-order valence-electron chi connectivity index (χ3n) is 11.1. The van der Waals surface area contributed by atoms with Gasteiger partial charge < -0.3 is 10.4 Å². The van der Waals surface area contributed by atoms with E-state index < -0.39 is 40.8 Å². The largest absolute Gasteiger partial charge is 0.480 e. The Hall–Kier alpha value is -5.86. The highest BCUT2D eigenvalue weighted by atomic mass is 16.4. The van der Waals surface area contributed by atoms with Crippen molar-refractivity contribution in [2.24, 2.45) is 0 Å². The van der Waals surface area contributed by atoms with Crippen molar-refractivity contribution in [1.29, 1.82) is 0 Å². The Morgan fingerprint density at radius 2 is 1.47 bits per heavy atom. The van der Waals surface area contributed by atoms with Gasteiger partial charge in [-0.2, -0.15) is 0 Å². The minimum atomic E-state index is -1.21. The summed E-state index contributed by atoms with van der Waals surface area (Å²) in [5.74, 6) is -1.35. The average Bonchev–Trinajstić information content (AvgIpc) is 3.57. The zero-order valence-corrected chi connectivity index (χ0v) is 26.6. The highest BCUT2D eigenvalue weighted by molar-refractivity contribution is 5.93. The number of amides is 1. The lowest BCUT2D eigenvalue weighted by Gasteiger charge is -2.38. The van der Waals surface area contributed by atoms with Crippen LogP contribution in [0.25, 0.3) is 16.6 Å². The number of piperidine rings is 1. The van der Waals surface area contributed by atoms with Gasteiger partial charge in [0.25, 0.3) is 5.56 Å². The van der Waals surface area contributed by atoms with E-state index in [2.05, 4.69) is 53.1 Å². The summed E-state index contributed by atoms with van der Waals surface area (Å²) in [7, 11) is 0. The van der Waals surface area contributed by atoms with E-state index in [4.69, 9.17) is 4.98 Å². The third-order valence-corrected chi connectivity index (χ3v) is 11.1. The fourth-order valence-corrected chi connectivity index (χ4v) is 9.56. The van der Waals surface area contributed by atoms with E-state index in [-0.39, 0.29) is 11.5 Å². The number of carbonyl (C=O) groups excluding carboxylic acids is 1. The molecule has 5 aromatic carbocycles. The number of para-hydroxylation sites is 1. The quantitative estimate of drug-likeness (QED) is 0.233. The number of aliphatic carboxylic acids is 1. The summed E-state index contributed by atoms with van der Waals surface area (Å²) < 4.78 is 1.72. The molecule has 8 nitrogen and oxygen atoms in total. The topological polar surface area (TPSA) is 113 Å². The van der Waals surface area contributed by atoms with Crippen molar-refractivity contribution in [3.63, 3.8) is 0 Å². The molecule has 6 aromatic rings. The van der Waals surface area contributed by atoms with Crippen molar-refractivity contribution in [3.05, 3.63) is 177 Å². The summed E-state index contributed by atoms with van der Waals surface area (Å²) >= 11 is 0. The van der Waals surface area contributed by atoms with Gasteiger partial charge in [-0.3, -0.25) is 24.3 Å². The molecule has 1 saturated carbocycles. The molecule has 0 bridgehead atoms. The number of carbonyl (C=O) groups is 2. The van der Waals surface area contributed by atoms with Crippen LogP contribution in [0.15, 0.2) is 138 Å². The van der Waals surface area contributed by atoms with E-state index >= 15 is 0 Å². The van der Waals surface area contributed by atoms with Crippen LogP contribution in [0.1, 0.15) is 39.6 Å². The molecule has 0 unspecified atom stereocenters. The van der Waals surface area contributed by atoms with E-state index in [0.29, 0.717) is 22.4 Å². The normalized spacial score (nSPS) is 25.8. The molecular formula is C41H32N4O4. The second-order valence-corrected chi connectivity index (χ2v) is 13.3. The fourth-order valence-electron chi connectivity index (χ4n) is 9.56. The molecule has 5 atom stereocenters. The summed E-state index contributed by atoms with van der Waals surface area (Å²) in [5, 5.41) is 16.8. The van der Waals surface area contributed by atoms with E-state index in [9.17, 15) is 19.5 Å². The molecule has 1 saturated heterocycles. The summed E-state index contributed by atoms with van der Waals surface area (Å²) in [6.45, 7) is 1.49. The number of hydrogen-bond donors (Lipinski definition) is 3. The minimum absolute atomic E-state index is 0.186. The van der Waals surface area contributed by atoms with Crippen LogP contribution in [0.4, 0.5) is 0 Å². The molecular weight excluding hydrogens is 612 g/mol. The molecule has 1 aromatic heterocycles. The second-order valence-electron chi connectivity index (χ2n) is 13.3. The number of hydrogen-bond acceptors (Lipinski definition) is 5. The Kier molecular flexibility index (Phi) is 6.17. The first-order valence-electron chi connectivity index (χ1n) is 16.4. The number of nitrogens with one attached hydrogen (secondary N) is 2.